The van der Waals surface area contributed by atoms with E-state index in [0.717, 1.165) is 77.7 Å². The predicted octanol–water partition coefficient (Wildman–Crippen LogP) is 14.6. The van der Waals surface area contributed by atoms with E-state index < -0.39 is 0 Å². The summed E-state index contributed by atoms with van der Waals surface area (Å²) in [4.78, 5) is 15.5. The predicted molar refractivity (Wildman–Crippen MR) is 258 cm³/mol. The molecule has 0 atom stereocenters. The smallest absolute Gasteiger partial charge is 0.164 e. The summed E-state index contributed by atoms with van der Waals surface area (Å²) in [6.07, 6.45) is 0. The van der Waals surface area contributed by atoms with Crippen LogP contribution in [0.15, 0.2) is 217 Å². The third-order valence-corrected chi connectivity index (χ3v) is 12.4. The van der Waals surface area contributed by atoms with E-state index in [0.29, 0.717) is 17.5 Å². The molecule has 13 rings (SSSR count). The number of aromatic nitrogens is 5. The maximum atomic E-state index is 6.67. The zero-order valence-corrected chi connectivity index (χ0v) is 33.9. The topological polar surface area (TPSA) is 61.7 Å². The van der Waals surface area contributed by atoms with Gasteiger partial charge in [0.25, 0.3) is 0 Å². The van der Waals surface area contributed by atoms with Gasteiger partial charge in [-0.2, -0.15) is 0 Å². The Morgan fingerprint density at radius 2 is 0.794 bits per heavy atom. The monoisotopic (exact) mass is 805 g/mol. The third kappa shape index (κ3) is 5.55. The zero-order valence-electron chi connectivity index (χ0n) is 33.9. The van der Waals surface area contributed by atoms with Crippen molar-refractivity contribution in [1.82, 2.24) is 24.1 Å². The number of fused-ring (bicyclic) bond motifs is 10. The molecule has 9 aromatic carbocycles. The lowest BCUT2D eigenvalue weighted by atomic mass is 10.0. The van der Waals surface area contributed by atoms with Gasteiger partial charge in [-0.25, -0.2) is 15.0 Å². The van der Waals surface area contributed by atoms with E-state index in [1.165, 1.54) is 27.1 Å². The average Bonchev–Trinajstić information content (AvgIpc) is 4.02. The molecule has 13 aromatic rings. The lowest BCUT2D eigenvalue weighted by Gasteiger charge is -2.14. The van der Waals surface area contributed by atoms with Crippen molar-refractivity contribution in [2.45, 2.75) is 0 Å². The van der Waals surface area contributed by atoms with Gasteiger partial charge in [-0.1, -0.05) is 164 Å². The zero-order chi connectivity index (χ0) is 41.4. The molecule has 0 saturated carbocycles. The molecule has 0 fully saturated rings. The Labute approximate surface area is 361 Å². The first-order valence-corrected chi connectivity index (χ1v) is 21.2. The first-order chi connectivity index (χ1) is 31.2. The highest BCUT2D eigenvalue weighted by Crippen LogP contribution is 2.42. The molecular formula is C57H35N5O. The second kappa shape index (κ2) is 14.0. The maximum Gasteiger partial charge on any atom is 0.164 e. The highest BCUT2D eigenvalue weighted by Gasteiger charge is 2.22. The Bertz CT molecular complexity index is 3900. The molecule has 6 heteroatoms. The van der Waals surface area contributed by atoms with Crippen LogP contribution in [-0.2, 0) is 0 Å². The van der Waals surface area contributed by atoms with Crippen LogP contribution < -0.4 is 0 Å². The molecule has 0 spiro atoms. The highest BCUT2D eigenvalue weighted by atomic mass is 16.3. The van der Waals surface area contributed by atoms with Gasteiger partial charge < -0.3 is 13.6 Å². The molecule has 0 aliphatic heterocycles. The normalized spacial score (nSPS) is 11.8. The minimum absolute atomic E-state index is 0.570. The van der Waals surface area contributed by atoms with Gasteiger partial charge in [-0.15, -0.1) is 0 Å². The Morgan fingerprint density at radius 1 is 0.317 bits per heavy atom. The molecule has 6 nitrogen and oxygen atoms in total. The summed E-state index contributed by atoms with van der Waals surface area (Å²) in [5.41, 5.74) is 13.2. The van der Waals surface area contributed by atoms with Crippen LogP contribution in [0.5, 0.6) is 0 Å². The first-order valence-electron chi connectivity index (χ1n) is 21.2. The lowest BCUT2D eigenvalue weighted by molar-refractivity contribution is 0.670. The van der Waals surface area contributed by atoms with E-state index >= 15 is 0 Å². The van der Waals surface area contributed by atoms with E-state index in [1.54, 1.807) is 0 Å². The number of nitrogens with zero attached hydrogens (tertiary/aromatic N) is 5. The fraction of sp³-hybridized carbons (Fsp3) is 0. The molecule has 63 heavy (non-hydrogen) atoms. The summed E-state index contributed by atoms with van der Waals surface area (Å²) in [6.45, 7) is 0. The highest BCUT2D eigenvalue weighted by molar-refractivity contribution is 6.24. The van der Waals surface area contributed by atoms with Crippen molar-refractivity contribution in [1.29, 1.82) is 0 Å². The van der Waals surface area contributed by atoms with Crippen LogP contribution in [0.1, 0.15) is 0 Å². The van der Waals surface area contributed by atoms with Crippen LogP contribution in [0.4, 0.5) is 0 Å². The molecule has 0 bridgehead atoms. The summed E-state index contributed by atoms with van der Waals surface area (Å²) >= 11 is 0. The van der Waals surface area contributed by atoms with E-state index in [-0.39, 0.29) is 0 Å². The quantitative estimate of drug-likeness (QED) is 0.168. The van der Waals surface area contributed by atoms with Crippen molar-refractivity contribution < 1.29 is 4.42 Å². The molecule has 0 aliphatic rings. The third-order valence-electron chi connectivity index (χ3n) is 12.4. The van der Waals surface area contributed by atoms with Gasteiger partial charge in [0.05, 0.1) is 22.1 Å². The van der Waals surface area contributed by atoms with Gasteiger partial charge in [0.15, 0.2) is 17.5 Å². The fourth-order valence-electron chi connectivity index (χ4n) is 9.53. The fourth-order valence-corrected chi connectivity index (χ4v) is 9.53. The van der Waals surface area contributed by atoms with Crippen molar-refractivity contribution in [2.75, 3.05) is 0 Å². The van der Waals surface area contributed by atoms with Crippen LogP contribution >= 0.6 is 0 Å². The minimum atomic E-state index is 0.570. The van der Waals surface area contributed by atoms with Crippen LogP contribution in [0.25, 0.3) is 122 Å². The summed E-state index contributed by atoms with van der Waals surface area (Å²) in [6, 6.07) is 74.3. The van der Waals surface area contributed by atoms with Crippen molar-refractivity contribution >= 4 is 65.6 Å². The van der Waals surface area contributed by atoms with Gasteiger partial charge in [0, 0.05) is 65.9 Å². The molecule has 0 amide bonds. The molecule has 0 aliphatic carbocycles. The second-order valence-corrected chi connectivity index (χ2v) is 16.0. The number of hydrogen-bond donors (Lipinski definition) is 0. The van der Waals surface area contributed by atoms with Gasteiger partial charge in [0.1, 0.15) is 11.2 Å². The Morgan fingerprint density at radius 3 is 1.46 bits per heavy atom. The molecule has 4 aromatic heterocycles. The molecule has 0 unspecified atom stereocenters. The van der Waals surface area contributed by atoms with Gasteiger partial charge in [-0.3, -0.25) is 0 Å². The molecular weight excluding hydrogens is 771 g/mol. The largest absolute Gasteiger partial charge is 0.455 e. The number of benzene rings is 9. The van der Waals surface area contributed by atoms with Gasteiger partial charge >= 0.3 is 0 Å². The summed E-state index contributed by atoms with van der Waals surface area (Å²) in [5, 5.41) is 6.91. The average molecular weight is 806 g/mol. The van der Waals surface area contributed by atoms with Crippen molar-refractivity contribution in [3.05, 3.63) is 212 Å². The minimum Gasteiger partial charge on any atom is -0.455 e. The first kappa shape index (κ1) is 35.2. The van der Waals surface area contributed by atoms with E-state index in [9.17, 15) is 0 Å². The number of furan rings is 1. The van der Waals surface area contributed by atoms with Crippen LogP contribution in [0.2, 0.25) is 0 Å². The summed E-state index contributed by atoms with van der Waals surface area (Å²) < 4.78 is 11.5. The van der Waals surface area contributed by atoms with E-state index in [1.807, 2.05) is 36.4 Å². The Balaban J connectivity index is 1.02. The SMILES string of the molecule is c1ccc(-c2nc(-c3cccc(-n4c5ccccc5c5ccc6c7ccccc7n(-c7ccccc7)c6c54)c3)nc(-c3ccc4c(c3)oc3c(-c5ccccc5)cccc34)n2)cc1. The van der Waals surface area contributed by atoms with Crippen LogP contribution in [0, 0.1) is 0 Å². The van der Waals surface area contributed by atoms with Gasteiger partial charge in [-0.05, 0) is 54.1 Å². The standard InChI is InChI=1S/C57H35N5O/c1-4-16-36(17-5-1)42-26-15-27-48-45-31-30-39(35-51(45)63-54(42)48)57-59-55(37-18-6-2-7-19-37)58-56(60-57)38-20-14-23-41(34-38)62-50-29-13-11-25-44(50)47-33-32-46-43-24-10-12-28-49(43)61(52(46)53(47)62)40-21-8-3-9-22-40/h1-35H. The maximum absolute atomic E-state index is 6.67. The lowest BCUT2D eigenvalue weighted by Crippen LogP contribution is -2.01. The van der Waals surface area contributed by atoms with Crippen molar-refractivity contribution in [2.24, 2.45) is 0 Å². The summed E-state index contributed by atoms with van der Waals surface area (Å²) in [7, 11) is 0. The van der Waals surface area contributed by atoms with E-state index in [2.05, 4.69) is 185 Å². The van der Waals surface area contributed by atoms with E-state index in [4.69, 9.17) is 19.4 Å². The van der Waals surface area contributed by atoms with Crippen molar-refractivity contribution in [3.63, 3.8) is 0 Å². The molecule has 0 N–H and O–H groups in total. The Hall–Kier alpha value is -8.61. The summed E-state index contributed by atoms with van der Waals surface area (Å²) in [5.74, 6) is 1.75. The molecule has 0 radical (unpaired) electrons. The molecule has 0 saturated heterocycles. The molecule has 294 valence electrons. The van der Waals surface area contributed by atoms with Gasteiger partial charge in [0.2, 0.25) is 0 Å². The van der Waals surface area contributed by atoms with Crippen molar-refractivity contribution in [3.8, 4) is 56.7 Å². The van der Waals surface area contributed by atoms with Crippen LogP contribution in [-0.4, -0.2) is 24.1 Å². The number of para-hydroxylation sites is 4. The number of hydrogen-bond acceptors (Lipinski definition) is 4. The van der Waals surface area contributed by atoms with Crippen LogP contribution in [0.3, 0.4) is 0 Å². The second-order valence-electron chi connectivity index (χ2n) is 16.0. The number of rotatable bonds is 6. The molecule has 4 heterocycles. The Kier molecular flexibility index (Phi) is 7.80.